The lowest BCUT2D eigenvalue weighted by Gasteiger charge is -2.16. The topological polar surface area (TPSA) is 78.9 Å². The zero-order valence-corrected chi connectivity index (χ0v) is 11.8. The molecule has 0 aromatic heterocycles. The van der Waals surface area contributed by atoms with Gasteiger partial charge in [-0.05, 0) is 43.0 Å². The van der Waals surface area contributed by atoms with E-state index < -0.39 is 5.82 Å². The highest BCUT2D eigenvalue weighted by Crippen LogP contribution is 2.19. The first kappa shape index (κ1) is 16.1. The third-order valence-electron chi connectivity index (χ3n) is 2.99. The fourth-order valence-electron chi connectivity index (χ4n) is 2.11. The molecule has 0 aliphatic rings. The molecule has 0 bridgehead atoms. The predicted molar refractivity (Wildman–Crippen MR) is 76.4 cm³/mol. The average molecular weight is 277 g/mol. The van der Waals surface area contributed by atoms with Crippen LogP contribution in [0.1, 0.15) is 32.3 Å². The molecule has 1 amide bonds. The van der Waals surface area contributed by atoms with Crippen LogP contribution in [-0.4, -0.2) is 12.5 Å². The molecule has 3 N–H and O–H groups in total. The van der Waals surface area contributed by atoms with Crippen molar-refractivity contribution in [1.82, 2.24) is 0 Å². The van der Waals surface area contributed by atoms with Crippen LogP contribution in [0.4, 0.5) is 10.1 Å². The van der Waals surface area contributed by atoms with Crippen LogP contribution in [0.5, 0.6) is 0 Å². The van der Waals surface area contributed by atoms with Crippen LogP contribution in [-0.2, 0) is 4.79 Å². The predicted octanol–water partition coefficient (Wildman–Crippen LogP) is 2.65. The molecule has 0 heterocycles. The Morgan fingerprint density at radius 3 is 2.75 bits per heavy atom. The number of hydrogen-bond acceptors (Lipinski definition) is 3. The number of rotatable bonds is 6. The number of nitrogens with two attached hydrogens (primary N) is 1. The maximum Gasteiger partial charge on any atom is 0.224 e. The Labute approximate surface area is 118 Å². The number of nitriles is 1. The van der Waals surface area contributed by atoms with Gasteiger partial charge in [-0.2, -0.15) is 5.26 Å². The van der Waals surface area contributed by atoms with Crippen molar-refractivity contribution in [3.8, 4) is 6.07 Å². The van der Waals surface area contributed by atoms with E-state index in [9.17, 15) is 9.18 Å². The van der Waals surface area contributed by atoms with E-state index >= 15 is 0 Å². The number of nitrogens with zero attached hydrogens (tertiary/aromatic N) is 1. The molecule has 0 saturated carbocycles. The molecule has 4 nitrogen and oxygen atoms in total. The minimum Gasteiger partial charge on any atom is -0.330 e. The number of halogens is 1. The van der Waals surface area contributed by atoms with Crippen molar-refractivity contribution in [1.29, 1.82) is 5.26 Å². The van der Waals surface area contributed by atoms with Crippen molar-refractivity contribution in [2.75, 3.05) is 11.9 Å². The summed E-state index contributed by atoms with van der Waals surface area (Å²) < 4.78 is 13.0. The first-order valence-electron chi connectivity index (χ1n) is 6.65. The number of benzene rings is 1. The maximum atomic E-state index is 13.0. The largest absolute Gasteiger partial charge is 0.330 e. The molecule has 1 aromatic rings. The molecule has 0 radical (unpaired) electrons. The summed E-state index contributed by atoms with van der Waals surface area (Å²) in [5, 5.41) is 11.6. The fraction of sp³-hybridized carbons (Fsp3) is 0.467. The van der Waals surface area contributed by atoms with Crippen LogP contribution in [0.2, 0.25) is 0 Å². The Hall–Kier alpha value is -1.93. The molecule has 1 aromatic carbocycles. The van der Waals surface area contributed by atoms with Gasteiger partial charge in [-0.25, -0.2) is 4.39 Å². The Morgan fingerprint density at radius 1 is 1.50 bits per heavy atom. The van der Waals surface area contributed by atoms with Gasteiger partial charge in [0.05, 0.1) is 11.3 Å². The van der Waals surface area contributed by atoms with Crippen molar-refractivity contribution < 1.29 is 9.18 Å². The molecule has 1 rings (SSSR count). The van der Waals surface area contributed by atoms with E-state index in [0.717, 1.165) is 12.5 Å². The number of anilines is 1. The van der Waals surface area contributed by atoms with E-state index in [1.807, 2.05) is 6.07 Å². The first-order valence-corrected chi connectivity index (χ1v) is 6.65. The number of amides is 1. The minimum atomic E-state index is -0.501. The summed E-state index contributed by atoms with van der Waals surface area (Å²) in [5.74, 6) is -0.124. The normalized spacial score (nSPS) is 12.0. The second-order valence-electron chi connectivity index (χ2n) is 5.29. The highest BCUT2D eigenvalue weighted by molar-refractivity contribution is 5.92. The summed E-state index contributed by atoms with van der Waals surface area (Å²) in [6, 6.07) is 5.57. The van der Waals surface area contributed by atoms with Gasteiger partial charge in [-0.1, -0.05) is 13.8 Å². The van der Waals surface area contributed by atoms with Gasteiger partial charge in [0.15, 0.2) is 0 Å². The Morgan fingerprint density at radius 2 is 2.20 bits per heavy atom. The second kappa shape index (κ2) is 7.61. The number of nitrogens with one attached hydrogen (secondary N) is 1. The summed E-state index contributed by atoms with van der Waals surface area (Å²) in [6.45, 7) is 4.60. The van der Waals surface area contributed by atoms with E-state index in [0.29, 0.717) is 24.6 Å². The zero-order valence-electron chi connectivity index (χ0n) is 11.8. The van der Waals surface area contributed by atoms with E-state index in [2.05, 4.69) is 19.2 Å². The highest BCUT2D eigenvalue weighted by Gasteiger charge is 2.15. The summed E-state index contributed by atoms with van der Waals surface area (Å²) in [4.78, 5) is 11.9. The highest BCUT2D eigenvalue weighted by atomic mass is 19.1. The lowest BCUT2D eigenvalue weighted by molar-refractivity contribution is -0.117. The quantitative estimate of drug-likeness (QED) is 0.839. The Balaban J connectivity index is 2.69. The van der Waals surface area contributed by atoms with Gasteiger partial charge in [-0.3, -0.25) is 4.79 Å². The molecule has 20 heavy (non-hydrogen) atoms. The molecule has 1 unspecified atom stereocenters. The van der Waals surface area contributed by atoms with Crippen LogP contribution < -0.4 is 11.1 Å². The SMILES string of the molecule is CC(C)CC(CN)CC(=O)Nc1ccc(F)cc1C#N. The summed E-state index contributed by atoms with van der Waals surface area (Å²) in [6.07, 6.45) is 1.18. The van der Waals surface area contributed by atoms with Crippen LogP contribution in [0.3, 0.4) is 0 Å². The summed E-state index contributed by atoms with van der Waals surface area (Å²) in [5.41, 5.74) is 6.11. The Kier molecular flexibility index (Phi) is 6.13. The summed E-state index contributed by atoms with van der Waals surface area (Å²) >= 11 is 0. The van der Waals surface area contributed by atoms with E-state index in [1.54, 1.807) is 0 Å². The van der Waals surface area contributed by atoms with E-state index in [1.165, 1.54) is 12.1 Å². The second-order valence-corrected chi connectivity index (χ2v) is 5.29. The molecule has 0 spiro atoms. The third kappa shape index (κ3) is 4.98. The standard InChI is InChI=1S/C15H20FN3O/c1-10(2)5-11(8-17)6-15(20)19-14-4-3-13(16)7-12(14)9-18/h3-4,7,10-11H,5-6,8,17H2,1-2H3,(H,19,20). The summed E-state index contributed by atoms with van der Waals surface area (Å²) in [7, 11) is 0. The van der Waals surface area contributed by atoms with Gasteiger partial charge < -0.3 is 11.1 Å². The van der Waals surface area contributed by atoms with Crippen molar-refractivity contribution in [3.05, 3.63) is 29.6 Å². The lowest BCUT2D eigenvalue weighted by Crippen LogP contribution is -2.23. The average Bonchev–Trinajstić information content (AvgIpc) is 2.39. The van der Waals surface area contributed by atoms with Crippen LogP contribution in [0.25, 0.3) is 0 Å². The molecule has 0 aliphatic carbocycles. The van der Waals surface area contributed by atoms with Gasteiger partial charge >= 0.3 is 0 Å². The van der Waals surface area contributed by atoms with Gasteiger partial charge in [0.1, 0.15) is 11.9 Å². The van der Waals surface area contributed by atoms with Crippen LogP contribution >= 0.6 is 0 Å². The van der Waals surface area contributed by atoms with Crippen molar-refractivity contribution in [2.24, 2.45) is 17.6 Å². The van der Waals surface area contributed by atoms with Crippen molar-refractivity contribution in [3.63, 3.8) is 0 Å². The Bertz CT molecular complexity index is 508. The fourth-order valence-corrected chi connectivity index (χ4v) is 2.11. The molecular formula is C15H20FN3O. The van der Waals surface area contributed by atoms with Crippen molar-refractivity contribution in [2.45, 2.75) is 26.7 Å². The zero-order chi connectivity index (χ0) is 15.1. The maximum absolute atomic E-state index is 13.0. The molecule has 0 fully saturated rings. The lowest BCUT2D eigenvalue weighted by atomic mass is 9.94. The number of carbonyl (C=O) groups excluding carboxylic acids is 1. The molecular weight excluding hydrogens is 257 g/mol. The molecule has 108 valence electrons. The first-order chi connectivity index (χ1) is 9.46. The van der Waals surface area contributed by atoms with E-state index in [4.69, 9.17) is 11.0 Å². The molecule has 1 atom stereocenters. The number of hydrogen-bond donors (Lipinski definition) is 2. The van der Waals surface area contributed by atoms with Gasteiger partial charge in [-0.15, -0.1) is 0 Å². The van der Waals surface area contributed by atoms with Gasteiger partial charge in [0.25, 0.3) is 0 Å². The molecule has 0 saturated heterocycles. The smallest absolute Gasteiger partial charge is 0.224 e. The van der Waals surface area contributed by atoms with Crippen LogP contribution in [0.15, 0.2) is 18.2 Å². The molecule has 5 heteroatoms. The van der Waals surface area contributed by atoms with E-state index in [-0.39, 0.29) is 17.4 Å². The minimum absolute atomic E-state index is 0.112. The van der Waals surface area contributed by atoms with Gasteiger partial charge in [0.2, 0.25) is 5.91 Å². The third-order valence-corrected chi connectivity index (χ3v) is 2.99. The van der Waals surface area contributed by atoms with Gasteiger partial charge in [0, 0.05) is 6.42 Å². The van der Waals surface area contributed by atoms with Crippen molar-refractivity contribution >= 4 is 11.6 Å². The monoisotopic (exact) mass is 277 g/mol. The molecule has 0 aliphatic heterocycles. The number of carbonyl (C=O) groups is 1. The van der Waals surface area contributed by atoms with Crippen LogP contribution in [0, 0.1) is 29.0 Å².